The van der Waals surface area contributed by atoms with E-state index in [1.54, 1.807) is 6.20 Å². The summed E-state index contributed by atoms with van der Waals surface area (Å²) in [7, 11) is 0. The second kappa shape index (κ2) is 6.12. The molecular weight excluding hydrogens is 322 g/mol. The molecule has 0 radical (unpaired) electrons. The number of hydrogen-bond donors (Lipinski definition) is 2. The molecule has 5 heteroatoms. The lowest BCUT2D eigenvalue weighted by atomic mass is 10.1. The minimum Gasteiger partial charge on any atom is -0.389 e. The molecule has 1 heterocycles. The Balaban J connectivity index is 2.18. The summed E-state index contributed by atoms with van der Waals surface area (Å²) in [5, 5.41) is 3.28. The molecular formula is C14H14BrN3S. The van der Waals surface area contributed by atoms with E-state index < -0.39 is 0 Å². The summed E-state index contributed by atoms with van der Waals surface area (Å²) in [5.74, 6) is 0.732. The minimum absolute atomic E-state index is 0.365. The molecule has 3 N–H and O–H groups in total. The fourth-order valence-electron chi connectivity index (χ4n) is 1.79. The van der Waals surface area contributed by atoms with E-state index in [-0.39, 0.29) is 0 Å². The van der Waals surface area contributed by atoms with Crippen LogP contribution >= 0.6 is 28.1 Å². The van der Waals surface area contributed by atoms with Crippen LogP contribution in [0.1, 0.15) is 16.7 Å². The SMILES string of the molecule is Cc1ccnc(NCc2ccc(Br)cc2)c1C(N)=S. The molecule has 0 aliphatic carbocycles. The smallest absolute Gasteiger partial charge is 0.136 e. The summed E-state index contributed by atoms with van der Waals surface area (Å²) in [6, 6.07) is 10.0. The van der Waals surface area contributed by atoms with E-state index in [0.29, 0.717) is 11.5 Å². The minimum atomic E-state index is 0.365. The summed E-state index contributed by atoms with van der Waals surface area (Å²) in [5.41, 5.74) is 8.76. The number of aromatic nitrogens is 1. The van der Waals surface area contributed by atoms with Gasteiger partial charge >= 0.3 is 0 Å². The highest BCUT2D eigenvalue weighted by Crippen LogP contribution is 2.18. The van der Waals surface area contributed by atoms with Gasteiger partial charge in [-0.1, -0.05) is 40.3 Å². The van der Waals surface area contributed by atoms with Crippen LogP contribution in [0.4, 0.5) is 5.82 Å². The first-order valence-corrected chi connectivity index (χ1v) is 7.02. The maximum Gasteiger partial charge on any atom is 0.136 e. The molecule has 3 nitrogen and oxygen atoms in total. The van der Waals surface area contributed by atoms with Crippen molar-refractivity contribution in [2.75, 3.05) is 5.32 Å². The Morgan fingerprint density at radius 2 is 2.00 bits per heavy atom. The van der Waals surface area contributed by atoms with Crippen molar-refractivity contribution in [2.45, 2.75) is 13.5 Å². The third kappa shape index (κ3) is 3.52. The van der Waals surface area contributed by atoms with Crippen molar-refractivity contribution in [1.29, 1.82) is 0 Å². The summed E-state index contributed by atoms with van der Waals surface area (Å²) in [6.45, 7) is 2.65. The van der Waals surface area contributed by atoms with Gasteiger partial charge in [0.1, 0.15) is 10.8 Å². The molecule has 2 aromatic rings. The zero-order valence-corrected chi connectivity index (χ0v) is 12.9. The van der Waals surface area contributed by atoms with E-state index in [2.05, 4.69) is 26.2 Å². The van der Waals surface area contributed by atoms with Gasteiger partial charge in [-0.2, -0.15) is 0 Å². The van der Waals surface area contributed by atoms with Crippen LogP contribution in [0.25, 0.3) is 0 Å². The van der Waals surface area contributed by atoms with Crippen molar-refractivity contribution in [3.8, 4) is 0 Å². The molecule has 0 atom stereocenters. The average molecular weight is 336 g/mol. The fourth-order valence-corrected chi connectivity index (χ4v) is 2.31. The summed E-state index contributed by atoms with van der Waals surface area (Å²) in [6.07, 6.45) is 1.75. The number of aryl methyl sites for hydroxylation is 1. The van der Waals surface area contributed by atoms with Crippen LogP contribution < -0.4 is 11.1 Å². The topological polar surface area (TPSA) is 50.9 Å². The first kappa shape index (κ1) is 14.0. The van der Waals surface area contributed by atoms with Crippen molar-refractivity contribution in [3.05, 3.63) is 57.7 Å². The van der Waals surface area contributed by atoms with Crippen LogP contribution in [0.3, 0.4) is 0 Å². The predicted molar refractivity (Wildman–Crippen MR) is 86.3 cm³/mol. The third-order valence-corrected chi connectivity index (χ3v) is 3.51. The number of thiocarbonyl (C=S) groups is 1. The van der Waals surface area contributed by atoms with Gasteiger partial charge in [-0.15, -0.1) is 0 Å². The van der Waals surface area contributed by atoms with Gasteiger partial charge in [0, 0.05) is 17.2 Å². The molecule has 1 aromatic carbocycles. The number of halogens is 1. The molecule has 0 unspecified atom stereocenters. The summed E-state index contributed by atoms with van der Waals surface area (Å²) < 4.78 is 1.06. The Morgan fingerprint density at radius 3 is 2.63 bits per heavy atom. The van der Waals surface area contributed by atoms with Gasteiger partial charge in [-0.05, 0) is 36.2 Å². The molecule has 0 bridgehead atoms. The normalized spacial score (nSPS) is 10.2. The molecule has 0 amide bonds. The standard InChI is InChI=1S/C14H14BrN3S/c1-9-6-7-17-14(12(9)13(16)19)18-8-10-2-4-11(15)5-3-10/h2-7H,8H2,1H3,(H2,16,19)(H,17,18). The number of pyridine rings is 1. The van der Waals surface area contributed by atoms with E-state index in [4.69, 9.17) is 18.0 Å². The Labute approximate surface area is 126 Å². The number of anilines is 1. The van der Waals surface area contributed by atoms with Crippen molar-refractivity contribution < 1.29 is 0 Å². The van der Waals surface area contributed by atoms with Crippen LogP contribution in [0, 0.1) is 6.92 Å². The molecule has 1 aromatic heterocycles. The summed E-state index contributed by atoms with van der Waals surface area (Å²) in [4.78, 5) is 4.67. The monoisotopic (exact) mass is 335 g/mol. The van der Waals surface area contributed by atoms with Crippen molar-refractivity contribution in [1.82, 2.24) is 4.98 Å². The number of nitrogens with two attached hydrogens (primary N) is 1. The summed E-state index contributed by atoms with van der Waals surface area (Å²) >= 11 is 8.49. The molecule has 19 heavy (non-hydrogen) atoms. The highest BCUT2D eigenvalue weighted by Gasteiger charge is 2.09. The number of nitrogens with one attached hydrogen (secondary N) is 1. The Hall–Kier alpha value is -1.46. The van der Waals surface area contributed by atoms with E-state index in [0.717, 1.165) is 21.4 Å². The van der Waals surface area contributed by atoms with Crippen molar-refractivity contribution in [3.63, 3.8) is 0 Å². The fraction of sp³-hybridized carbons (Fsp3) is 0.143. The third-order valence-electron chi connectivity index (χ3n) is 2.78. The quantitative estimate of drug-likeness (QED) is 0.841. The zero-order valence-electron chi connectivity index (χ0n) is 10.5. The molecule has 0 aliphatic rings. The lowest BCUT2D eigenvalue weighted by Gasteiger charge is -2.12. The van der Waals surface area contributed by atoms with E-state index in [9.17, 15) is 0 Å². The van der Waals surface area contributed by atoms with Crippen LogP contribution in [-0.4, -0.2) is 9.97 Å². The number of benzene rings is 1. The molecule has 0 saturated carbocycles. The highest BCUT2D eigenvalue weighted by atomic mass is 79.9. The van der Waals surface area contributed by atoms with Crippen molar-refractivity contribution in [2.24, 2.45) is 5.73 Å². The second-order valence-electron chi connectivity index (χ2n) is 4.20. The first-order chi connectivity index (χ1) is 9.08. The Morgan fingerprint density at radius 1 is 1.32 bits per heavy atom. The van der Waals surface area contributed by atoms with Gasteiger partial charge in [0.15, 0.2) is 0 Å². The van der Waals surface area contributed by atoms with Crippen LogP contribution in [0.2, 0.25) is 0 Å². The van der Waals surface area contributed by atoms with E-state index in [1.165, 1.54) is 5.56 Å². The van der Waals surface area contributed by atoms with Gasteiger partial charge < -0.3 is 11.1 Å². The second-order valence-corrected chi connectivity index (χ2v) is 5.55. The Bertz CT molecular complexity index is 596. The van der Waals surface area contributed by atoms with Gasteiger partial charge in [0.2, 0.25) is 0 Å². The number of rotatable bonds is 4. The molecule has 0 fully saturated rings. The van der Waals surface area contributed by atoms with Crippen LogP contribution in [0.15, 0.2) is 41.0 Å². The predicted octanol–water partition coefficient (Wildman–Crippen LogP) is 3.40. The maximum atomic E-state index is 5.75. The van der Waals surface area contributed by atoms with Gasteiger partial charge in [0.25, 0.3) is 0 Å². The number of hydrogen-bond acceptors (Lipinski definition) is 3. The van der Waals surface area contributed by atoms with Crippen molar-refractivity contribution >= 4 is 39.0 Å². The zero-order chi connectivity index (χ0) is 13.8. The lowest BCUT2D eigenvalue weighted by Crippen LogP contribution is -2.16. The molecule has 2 rings (SSSR count). The largest absolute Gasteiger partial charge is 0.389 e. The molecule has 0 spiro atoms. The highest BCUT2D eigenvalue weighted by molar-refractivity contribution is 9.10. The van der Waals surface area contributed by atoms with Gasteiger partial charge in [0.05, 0.1) is 5.56 Å². The molecule has 98 valence electrons. The molecule has 0 aliphatic heterocycles. The van der Waals surface area contributed by atoms with E-state index in [1.807, 2.05) is 37.3 Å². The maximum absolute atomic E-state index is 5.75. The van der Waals surface area contributed by atoms with Gasteiger partial charge in [-0.3, -0.25) is 0 Å². The number of nitrogens with zero attached hydrogens (tertiary/aromatic N) is 1. The van der Waals surface area contributed by atoms with Crippen LogP contribution in [0.5, 0.6) is 0 Å². The van der Waals surface area contributed by atoms with E-state index >= 15 is 0 Å². The Kier molecular flexibility index (Phi) is 4.50. The lowest BCUT2D eigenvalue weighted by molar-refractivity contribution is 1.10. The van der Waals surface area contributed by atoms with Gasteiger partial charge in [-0.25, -0.2) is 4.98 Å². The average Bonchev–Trinajstić information content (AvgIpc) is 2.37. The molecule has 0 saturated heterocycles. The van der Waals surface area contributed by atoms with Crippen LogP contribution in [-0.2, 0) is 6.54 Å². The first-order valence-electron chi connectivity index (χ1n) is 5.81.